The lowest BCUT2D eigenvalue weighted by atomic mass is 9.89. The monoisotopic (exact) mass is 266 g/mol. The molecular formula is C17H34N2. The van der Waals surface area contributed by atoms with Crippen LogP contribution in [0.1, 0.15) is 72.1 Å². The van der Waals surface area contributed by atoms with Crippen molar-refractivity contribution >= 4 is 0 Å². The van der Waals surface area contributed by atoms with Gasteiger partial charge in [0.1, 0.15) is 0 Å². The number of hydrogen-bond donors (Lipinski definition) is 1. The van der Waals surface area contributed by atoms with Crippen molar-refractivity contribution in [2.24, 2.45) is 5.92 Å². The Morgan fingerprint density at radius 1 is 1.00 bits per heavy atom. The van der Waals surface area contributed by atoms with Gasteiger partial charge in [-0.05, 0) is 44.7 Å². The molecule has 3 unspecified atom stereocenters. The summed E-state index contributed by atoms with van der Waals surface area (Å²) in [5.74, 6) is 0.815. The van der Waals surface area contributed by atoms with Gasteiger partial charge in [-0.2, -0.15) is 0 Å². The smallest absolute Gasteiger partial charge is 0.0252 e. The van der Waals surface area contributed by atoms with Gasteiger partial charge in [-0.15, -0.1) is 0 Å². The van der Waals surface area contributed by atoms with Crippen LogP contribution in [0, 0.1) is 5.92 Å². The highest BCUT2D eigenvalue weighted by atomic mass is 15.2. The van der Waals surface area contributed by atoms with Gasteiger partial charge in [0, 0.05) is 18.1 Å². The third kappa shape index (κ3) is 3.95. The first kappa shape index (κ1) is 15.3. The van der Waals surface area contributed by atoms with Crippen molar-refractivity contribution in [3.8, 4) is 0 Å². The topological polar surface area (TPSA) is 15.3 Å². The van der Waals surface area contributed by atoms with Crippen LogP contribution >= 0.6 is 0 Å². The molecule has 1 aliphatic heterocycles. The zero-order valence-electron chi connectivity index (χ0n) is 13.3. The molecule has 1 saturated heterocycles. The van der Waals surface area contributed by atoms with E-state index in [0.717, 1.165) is 30.6 Å². The van der Waals surface area contributed by atoms with Gasteiger partial charge in [0.05, 0.1) is 0 Å². The summed E-state index contributed by atoms with van der Waals surface area (Å²) in [5, 5.41) is 3.80. The van der Waals surface area contributed by atoms with Gasteiger partial charge in [0.25, 0.3) is 0 Å². The molecule has 1 saturated carbocycles. The first-order valence-corrected chi connectivity index (χ1v) is 8.73. The second-order valence-corrected chi connectivity index (χ2v) is 6.91. The molecule has 2 nitrogen and oxygen atoms in total. The maximum absolute atomic E-state index is 3.80. The number of nitrogens with one attached hydrogen (secondary N) is 1. The van der Waals surface area contributed by atoms with E-state index in [4.69, 9.17) is 0 Å². The van der Waals surface area contributed by atoms with E-state index in [-0.39, 0.29) is 0 Å². The van der Waals surface area contributed by atoms with Gasteiger partial charge in [-0.1, -0.05) is 46.5 Å². The van der Waals surface area contributed by atoms with Crippen molar-refractivity contribution in [2.45, 2.75) is 90.3 Å². The van der Waals surface area contributed by atoms with Crippen LogP contribution in [0.5, 0.6) is 0 Å². The Labute approximate surface area is 120 Å². The summed E-state index contributed by atoms with van der Waals surface area (Å²) in [7, 11) is 0. The summed E-state index contributed by atoms with van der Waals surface area (Å²) in [6, 6.07) is 2.38. The molecule has 0 radical (unpaired) electrons. The lowest BCUT2D eigenvalue weighted by Gasteiger charge is -2.41. The molecule has 112 valence electrons. The summed E-state index contributed by atoms with van der Waals surface area (Å²) in [5.41, 5.74) is 0. The molecule has 0 aromatic carbocycles. The predicted molar refractivity (Wildman–Crippen MR) is 83.5 cm³/mol. The minimum absolute atomic E-state index is 0.740. The van der Waals surface area contributed by atoms with Gasteiger partial charge in [0.2, 0.25) is 0 Å². The van der Waals surface area contributed by atoms with Crippen molar-refractivity contribution in [3.05, 3.63) is 0 Å². The van der Waals surface area contributed by atoms with Crippen molar-refractivity contribution < 1.29 is 0 Å². The Balaban J connectivity index is 2.06. The Hall–Kier alpha value is -0.0800. The van der Waals surface area contributed by atoms with Crippen LogP contribution in [-0.2, 0) is 0 Å². The number of likely N-dealkylation sites (N-methyl/N-ethyl adjacent to an activating group) is 1. The molecule has 0 amide bonds. The first-order chi connectivity index (χ1) is 9.24. The molecule has 0 spiro atoms. The highest BCUT2D eigenvalue weighted by Crippen LogP contribution is 2.31. The minimum atomic E-state index is 0.740. The molecule has 2 heteroatoms. The van der Waals surface area contributed by atoms with Gasteiger partial charge in [-0.25, -0.2) is 0 Å². The fraction of sp³-hybridized carbons (Fsp3) is 1.00. The summed E-state index contributed by atoms with van der Waals surface area (Å²) >= 11 is 0. The zero-order chi connectivity index (χ0) is 13.7. The largest absolute Gasteiger partial charge is 0.313 e. The quantitative estimate of drug-likeness (QED) is 0.832. The molecule has 2 aliphatic rings. The number of hydrogen-bond acceptors (Lipinski definition) is 2. The van der Waals surface area contributed by atoms with E-state index in [1.807, 2.05) is 0 Å². The highest BCUT2D eigenvalue weighted by Gasteiger charge is 2.36. The van der Waals surface area contributed by atoms with Crippen LogP contribution in [0.25, 0.3) is 0 Å². The number of nitrogens with zero attached hydrogens (tertiary/aromatic N) is 1. The number of rotatable bonds is 4. The summed E-state index contributed by atoms with van der Waals surface area (Å²) in [6.45, 7) is 9.55. The summed E-state index contributed by atoms with van der Waals surface area (Å²) in [6.07, 6.45) is 11.4. The van der Waals surface area contributed by atoms with Crippen LogP contribution in [0.2, 0.25) is 0 Å². The van der Waals surface area contributed by atoms with Gasteiger partial charge < -0.3 is 5.32 Å². The fourth-order valence-electron chi connectivity index (χ4n) is 4.30. The molecule has 2 rings (SSSR count). The molecule has 1 aliphatic carbocycles. The Kier molecular flexibility index (Phi) is 6.15. The average molecular weight is 266 g/mol. The van der Waals surface area contributed by atoms with Crippen LogP contribution in [-0.4, -0.2) is 36.1 Å². The molecule has 19 heavy (non-hydrogen) atoms. The Bertz CT molecular complexity index is 252. The normalized spacial score (nSPS) is 34.4. The van der Waals surface area contributed by atoms with E-state index in [1.54, 1.807) is 0 Å². The van der Waals surface area contributed by atoms with Gasteiger partial charge >= 0.3 is 0 Å². The van der Waals surface area contributed by atoms with E-state index < -0.39 is 0 Å². The summed E-state index contributed by atoms with van der Waals surface area (Å²) < 4.78 is 0. The fourth-order valence-corrected chi connectivity index (χ4v) is 4.30. The van der Waals surface area contributed by atoms with Crippen molar-refractivity contribution in [2.75, 3.05) is 13.1 Å². The van der Waals surface area contributed by atoms with Crippen molar-refractivity contribution in [1.29, 1.82) is 0 Å². The van der Waals surface area contributed by atoms with E-state index in [9.17, 15) is 0 Å². The van der Waals surface area contributed by atoms with E-state index in [2.05, 4.69) is 31.0 Å². The highest BCUT2D eigenvalue weighted by molar-refractivity contribution is 4.93. The van der Waals surface area contributed by atoms with Crippen LogP contribution in [0.4, 0.5) is 0 Å². The van der Waals surface area contributed by atoms with E-state index in [1.165, 1.54) is 57.9 Å². The van der Waals surface area contributed by atoms with Crippen molar-refractivity contribution in [1.82, 2.24) is 10.2 Å². The standard InChI is InChI=1S/C17H34N2/c1-4-18-15-10-7-5-6-8-11-17(15)19-13-9-12-16(19)14(2)3/h14-18H,4-13H2,1-3H3. The van der Waals surface area contributed by atoms with Crippen LogP contribution < -0.4 is 5.32 Å². The lowest BCUT2D eigenvalue weighted by Crippen LogP contribution is -2.53. The van der Waals surface area contributed by atoms with E-state index >= 15 is 0 Å². The molecule has 2 fully saturated rings. The summed E-state index contributed by atoms with van der Waals surface area (Å²) in [4.78, 5) is 2.88. The molecule has 0 aromatic heterocycles. The van der Waals surface area contributed by atoms with Gasteiger partial charge in [0.15, 0.2) is 0 Å². The molecule has 0 bridgehead atoms. The Morgan fingerprint density at radius 2 is 1.74 bits per heavy atom. The third-order valence-corrected chi connectivity index (χ3v) is 5.23. The maximum Gasteiger partial charge on any atom is 0.0252 e. The lowest BCUT2D eigenvalue weighted by molar-refractivity contribution is 0.0989. The molecule has 1 N–H and O–H groups in total. The van der Waals surface area contributed by atoms with Crippen LogP contribution in [0.15, 0.2) is 0 Å². The number of likely N-dealkylation sites (tertiary alicyclic amines) is 1. The maximum atomic E-state index is 3.80. The molecular weight excluding hydrogens is 232 g/mol. The SMILES string of the molecule is CCNC1CCCCCCC1N1CCCC1C(C)C. The molecule has 0 aromatic rings. The third-order valence-electron chi connectivity index (χ3n) is 5.23. The van der Waals surface area contributed by atoms with Crippen LogP contribution in [0.3, 0.4) is 0 Å². The van der Waals surface area contributed by atoms with E-state index in [0.29, 0.717) is 0 Å². The first-order valence-electron chi connectivity index (χ1n) is 8.73. The molecule has 3 atom stereocenters. The Morgan fingerprint density at radius 3 is 2.42 bits per heavy atom. The van der Waals surface area contributed by atoms with Gasteiger partial charge in [-0.3, -0.25) is 4.90 Å². The minimum Gasteiger partial charge on any atom is -0.313 e. The van der Waals surface area contributed by atoms with Crippen molar-refractivity contribution in [3.63, 3.8) is 0 Å². The second-order valence-electron chi connectivity index (χ2n) is 6.91. The zero-order valence-corrected chi connectivity index (χ0v) is 13.3. The predicted octanol–water partition coefficient (Wildman–Crippen LogP) is 3.81. The molecule has 1 heterocycles. The second kappa shape index (κ2) is 7.64. The average Bonchev–Trinajstić information content (AvgIpc) is 2.82.